The van der Waals surface area contributed by atoms with Gasteiger partial charge in [0.15, 0.2) is 6.29 Å². The summed E-state index contributed by atoms with van der Waals surface area (Å²) < 4.78 is 5.84. The first-order valence-electron chi connectivity index (χ1n) is 6.58. The van der Waals surface area contributed by atoms with Gasteiger partial charge in [0.1, 0.15) is 19.7 Å². The molecule has 0 aliphatic carbocycles. The zero-order valence-corrected chi connectivity index (χ0v) is 11.3. The molecule has 0 spiro atoms. The number of aldehydes is 1. The summed E-state index contributed by atoms with van der Waals surface area (Å²) in [5.41, 5.74) is 1.88. The highest BCUT2D eigenvalue weighted by molar-refractivity contribution is 6.09. The summed E-state index contributed by atoms with van der Waals surface area (Å²) >= 11 is 0. The number of benzene rings is 1. The monoisotopic (exact) mass is 245 g/mol. The molecule has 1 fully saturated rings. The molecule has 0 saturated carbocycles. The third-order valence-electron chi connectivity index (χ3n) is 3.67. The number of likely N-dealkylation sites (N-methyl/N-ethyl adjacent to an activating group) is 1. The minimum atomic E-state index is 0.225. The average Bonchev–Trinajstić information content (AvgIpc) is 2.36. The van der Waals surface area contributed by atoms with Crippen molar-refractivity contribution in [1.82, 2.24) is 4.90 Å². The van der Waals surface area contributed by atoms with Crippen LogP contribution in [0.5, 0.6) is 5.75 Å². The van der Waals surface area contributed by atoms with Crippen LogP contribution in [0.2, 0.25) is 6.32 Å². The maximum atomic E-state index is 11.2. The van der Waals surface area contributed by atoms with Gasteiger partial charge in [0.05, 0.1) is 5.56 Å². The molecule has 0 radical (unpaired) electrons. The molecule has 1 saturated heterocycles. The lowest BCUT2D eigenvalue weighted by Gasteiger charge is -2.36. The Balaban J connectivity index is 2.13. The summed E-state index contributed by atoms with van der Waals surface area (Å²) in [7, 11) is 4.21. The number of hydrogen-bond acceptors (Lipinski definition) is 3. The van der Waals surface area contributed by atoms with E-state index in [1.807, 2.05) is 12.1 Å². The van der Waals surface area contributed by atoms with Crippen molar-refractivity contribution in [3.05, 3.63) is 29.3 Å². The summed E-state index contributed by atoms with van der Waals surface area (Å²) in [4.78, 5) is 13.3. The molecule has 0 bridgehead atoms. The normalized spacial score (nSPS) is 18.1. The molecule has 1 aromatic carbocycles. The molecular formula is C14H20BNO2. The fraction of sp³-hybridized carbons (Fsp3) is 0.500. The van der Waals surface area contributed by atoms with Gasteiger partial charge < -0.3 is 4.74 Å². The van der Waals surface area contributed by atoms with Crippen LogP contribution < -0.4 is 4.74 Å². The van der Waals surface area contributed by atoms with E-state index in [-0.39, 0.29) is 6.10 Å². The van der Waals surface area contributed by atoms with Gasteiger partial charge in [0.25, 0.3) is 0 Å². The zero-order chi connectivity index (χ0) is 13.1. The predicted octanol–water partition coefficient (Wildman–Crippen LogP) is 1.35. The van der Waals surface area contributed by atoms with Gasteiger partial charge in [-0.25, -0.2) is 0 Å². The van der Waals surface area contributed by atoms with Crippen molar-refractivity contribution in [2.75, 3.05) is 20.1 Å². The van der Waals surface area contributed by atoms with E-state index in [2.05, 4.69) is 32.8 Å². The number of ether oxygens (including phenoxy) is 1. The number of nitrogens with zero attached hydrogens (tertiary/aromatic N) is 1. The molecule has 1 aliphatic rings. The van der Waals surface area contributed by atoms with Crippen molar-refractivity contribution in [2.24, 2.45) is 0 Å². The first-order valence-corrected chi connectivity index (χ1v) is 6.58. The van der Waals surface area contributed by atoms with Crippen molar-refractivity contribution >= 4 is 14.1 Å². The standard InChI is InChI=1S/C14H20BNO2/c1-10(6-15)11-3-4-14(12(5-11)9-17)18-13-7-16(2)8-13/h3-5,9-10,13H,6-8,15H2,1-2H3/t10-/m0/s1. The average molecular weight is 245 g/mol. The summed E-state index contributed by atoms with van der Waals surface area (Å²) in [6.07, 6.45) is 2.19. The first-order chi connectivity index (χ1) is 8.63. The van der Waals surface area contributed by atoms with Crippen LogP contribution >= 0.6 is 0 Å². The van der Waals surface area contributed by atoms with Gasteiger partial charge in [-0.2, -0.15) is 0 Å². The Labute approximate surface area is 110 Å². The van der Waals surface area contributed by atoms with Crippen molar-refractivity contribution < 1.29 is 9.53 Å². The first kappa shape index (κ1) is 13.2. The van der Waals surface area contributed by atoms with E-state index >= 15 is 0 Å². The minimum Gasteiger partial charge on any atom is -0.487 e. The summed E-state index contributed by atoms with van der Waals surface area (Å²) in [6.45, 7) is 4.04. The minimum absolute atomic E-state index is 0.225. The highest BCUT2D eigenvalue weighted by Crippen LogP contribution is 2.26. The molecule has 96 valence electrons. The largest absolute Gasteiger partial charge is 0.487 e. The van der Waals surface area contributed by atoms with Crippen molar-refractivity contribution in [3.63, 3.8) is 0 Å². The Kier molecular flexibility index (Phi) is 4.07. The second-order valence-corrected chi connectivity index (χ2v) is 5.19. The molecule has 1 aliphatic heterocycles. The summed E-state index contributed by atoms with van der Waals surface area (Å²) in [5, 5.41) is 0. The van der Waals surface area contributed by atoms with Crippen LogP contribution in [0.25, 0.3) is 0 Å². The Morgan fingerprint density at radius 1 is 1.56 bits per heavy atom. The van der Waals surface area contributed by atoms with Gasteiger partial charge in [0, 0.05) is 13.1 Å². The van der Waals surface area contributed by atoms with Crippen molar-refractivity contribution in [1.29, 1.82) is 0 Å². The summed E-state index contributed by atoms with van der Waals surface area (Å²) in [6, 6.07) is 5.96. The third-order valence-corrected chi connectivity index (χ3v) is 3.67. The fourth-order valence-corrected chi connectivity index (χ4v) is 2.20. The molecule has 0 unspecified atom stereocenters. The molecule has 0 amide bonds. The maximum Gasteiger partial charge on any atom is 0.153 e. The highest BCUT2D eigenvalue weighted by Gasteiger charge is 2.25. The van der Waals surface area contributed by atoms with E-state index in [0.717, 1.165) is 31.4 Å². The van der Waals surface area contributed by atoms with Crippen LogP contribution in [0.4, 0.5) is 0 Å². The van der Waals surface area contributed by atoms with Gasteiger partial charge in [-0.3, -0.25) is 9.69 Å². The smallest absolute Gasteiger partial charge is 0.153 e. The molecule has 1 heterocycles. The van der Waals surface area contributed by atoms with Crippen LogP contribution in [0.3, 0.4) is 0 Å². The van der Waals surface area contributed by atoms with Crippen LogP contribution in [-0.4, -0.2) is 45.3 Å². The number of likely N-dealkylation sites (tertiary alicyclic amines) is 1. The molecule has 1 aromatic rings. The molecule has 3 nitrogen and oxygen atoms in total. The zero-order valence-electron chi connectivity index (χ0n) is 11.3. The van der Waals surface area contributed by atoms with Gasteiger partial charge in [-0.1, -0.05) is 19.3 Å². The molecule has 0 aromatic heterocycles. The van der Waals surface area contributed by atoms with Crippen molar-refractivity contribution in [3.8, 4) is 5.75 Å². The predicted molar refractivity (Wildman–Crippen MR) is 75.5 cm³/mol. The van der Waals surface area contributed by atoms with Gasteiger partial charge in [0.2, 0.25) is 0 Å². The van der Waals surface area contributed by atoms with E-state index in [1.165, 1.54) is 5.56 Å². The number of rotatable bonds is 5. The number of hydrogen-bond donors (Lipinski definition) is 0. The fourth-order valence-electron chi connectivity index (χ4n) is 2.20. The van der Waals surface area contributed by atoms with E-state index in [0.29, 0.717) is 11.5 Å². The Hall–Kier alpha value is -1.29. The second-order valence-electron chi connectivity index (χ2n) is 5.19. The highest BCUT2D eigenvalue weighted by atomic mass is 16.5. The lowest BCUT2D eigenvalue weighted by molar-refractivity contribution is 0.0383. The summed E-state index contributed by atoms with van der Waals surface area (Å²) in [5.74, 6) is 1.20. The topological polar surface area (TPSA) is 29.5 Å². The van der Waals surface area contributed by atoms with E-state index in [9.17, 15) is 4.79 Å². The van der Waals surface area contributed by atoms with Gasteiger partial charge >= 0.3 is 0 Å². The lowest BCUT2D eigenvalue weighted by Crippen LogP contribution is -2.51. The lowest BCUT2D eigenvalue weighted by atomic mass is 9.86. The number of carbonyl (C=O) groups excluding carboxylic acids is 1. The number of carbonyl (C=O) groups is 1. The second kappa shape index (κ2) is 5.57. The molecule has 1 atom stereocenters. The van der Waals surface area contributed by atoms with Gasteiger partial charge in [-0.15, -0.1) is 0 Å². The van der Waals surface area contributed by atoms with Crippen molar-refractivity contribution in [2.45, 2.75) is 25.3 Å². The third kappa shape index (κ3) is 2.75. The molecule has 2 rings (SSSR count). The van der Waals surface area contributed by atoms with Crippen LogP contribution in [0.1, 0.15) is 28.8 Å². The molecule has 0 N–H and O–H groups in total. The maximum absolute atomic E-state index is 11.2. The molecular weight excluding hydrogens is 225 g/mol. The molecule has 18 heavy (non-hydrogen) atoms. The van der Waals surface area contributed by atoms with Crippen LogP contribution in [-0.2, 0) is 0 Å². The Morgan fingerprint density at radius 2 is 2.28 bits per heavy atom. The SMILES string of the molecule is BC[C@H](C)c1ccc(OC2CN(C)C2)c(C=O)c1. The Morgan fingerprint density at radius 3 is 2.83 bits per heavy atom. The van der Waals surface area contributed by atoms with E-state index in [1.54, 1.807) is 0 Å². The van der Waals surface area contributed by atoms with E-state index in [4.69, 9.17) is 4.74 Å². The van der Waals surface area contributed by atoms with Crippen LogP contribution in [0, 0.1) is 0 Å². The van der Waals surface area contributed by atoms with Crippen LogP contribution in [0.15, 0.2) is 18.2 Å². The Bertz CT molecular complexity index is 430. The van der Waals surface area contributed by atoms with Gasteiger partial charge in [-0.05, 0) is 30.7 Å². The quantitative estimate of drug-likeness (QED) is 0.579. The van der Waals surface area contributed by atoms with E-state index < -0.39 is 0 Å². The molecule has 4 heteroatoms.